The largest absolute Gasteiger partial charge is 0.398 e. The Hall–Kier alpha value is -2.85. The number of nitrogens with two attached hydrogens (primary N) is 1. The molecule has 0 bridgehead atoms. The van der Waals surface area contributed by atoms with E-state index in [1.54, 1.807) is 12.1 Å². The fraction of sp³-hybridized carbons (Fsp3) is 0.450. The number of aryl methyl sites for hydroxylation is 1. The van der Waals surface area contributed by atoms with Gasteiger partial charge < -0.3 is 21.3 Å². The second-order valence-electron chi connectivity index (χ2n) is 6.90. The molecule has 0 unspecified atom stereocenters. The third-order valence-electron chi connectivity index (χ3n) is 4.86. The highest BCUT2D eigenvalue weighted by molar-refractivity contribution is 5.65. The number of aromatic nitrogens is 2. The van der Waals surface area contributed by atoms with Crippen molar-refractivity contribution in [3.05, 3.63) is 35.5 Å². The predicted octanol–water partition coefficient (Wildman–Crippen LogP) is 2.81. The lowest BCUT2D eigenvalue weighted by Crippen LogP contribution is -2.44. The molecule has 142 valence electrons. The Bertz CT molecular complexity index is 828. The smallest absolute Gasteiger partial charge is 0.229 e. The van der Waals surface area contributed by atoms with Gasteiger partial charge in [0.2, 0.25) is 5.95 Å². The maximum absolute atomic E-state index is 9.18. The third-order valence-corrected chi connectivity index (χ3v) is 4.86. The molecule has 1 aromatic carbocycles. The van der Waals surface area contributed by atoms with Crippen LogP contribution in [0.1, 0.15) is 37.4 Å². The van der Waals surface area contributed by atoms with Crippen molar-refractivity contribution in [3.63, 3.8) is 0 Å². The Balaban J connectivity index is 1.88. The number of piperidine rings is 1. The zero-order chi connectivity index (χ0) is 19.2. The second-order valence-corrected chi connectivity index (χ2v) is 6.90. The molecule has 2 aromatic rings. The van der Waals surface area contributed by atoms with Gasteiger partial charge in [-0.05, 0) is 44.5 Å². The molecule has 0 radical (unpaired) electrons. The Morgan fingerprint density at radius 2 is 2.19 bits per heavy atom. The summed E-state index contributed by atoms with van der Waals surface area (Å²) in [6.45, 7) is 4.09. The van der Waals surface area contributed by atoms with Gasteiger partial charge in [0, 0.05) is 42.3 Å². The lowest BCUT2D eigenvalue weighted by molar-refractivity contribution is 0.447. The molecule has 27 heavy (non-hydrogen) atoms. The molecular formula is C20H27N7. The fourth-order valence-electron chi connectivity index (χ4n) is 3.37. The lowest BCUT2D eigenvalue weighted by Gasteiger charge is -2.33. The van der Waals surface area contributed by atoms with Gasteiger partial charge in [0.05, 0.1) is 5.56 Å². The van der Waals surface area contributed by atoms with Crippen LogP contribution in [-0.2, 0) is 6.42 Å². The van der Waals surface area contributed by atoms with Crippen LogP contribution in [0.15, 0.2) is 24.3 Å². The van der Waals surface area contributed by atoms with Gasteiger partial charge in [-0.3, -0.25) is 0 Å². The summed E-state index contributed by atoms with van der Waals surface area (Å²) in [5.74, 6) is 1.50. The van der Waals surface area contributed by atoms with Crippen LogP contribution in [0, 0.1) is 11.3 Å². The molecule has 1 atom stereocenters. The van der Waals surface area contributed by atoms with E-state index in [2.05, 4.69) is 39.6 Å². The van der Waals surface area contributed by atoms with E-state index in [1.807, 2.05) is 13.1 Å². The number of anilines is 4. The van der Waals surface area contributed by atoms with E-state index in [9.17, 15) is 5.26 Å². The van der Waals surface area contributed by atoms with E-state index in [0.717, 1.165) is 49.6 Å². The number of nitriles is 1. The Kier molecular flexibility index (Phi) is 6.09. The van der Waals surface area contributed by atoms with Crippen molar-refractivity contribution in [3.8, 4) is 6.07 Å². The van der Waals surface area contributed by atoms with Crippen molar-refractivity contribution in [2.45, 2.75) is 38.6 Å². The van der Waals surface area contributed by atoms with Crippen LogP contribution in [0.3, 0.4) is 0 Å². The van der Waals surface area contributed by atoms with Gasteiger partial charge in [0.25, 0.3) is 0 Å². The van der Waals surface area contributed by atoms with Gasteiger partial charge in [-0.25, -0.2) is 4.98 Å². The highest BCUT2D eigenvalue weighted by Gasteiger charge is 2.20. The molecule has 2 heterocycles. The van der Waals surface area contributed by atoms with Crippen LogP contribution in [0.4, 0.5) is 23.1 Å². The summed E-state index contributed by atoms with van der Waals surface area (Å²) < 4.78 is 0. The standard InChI is InChI=1S/C20H27N7/c1-3-5-15-11-19(27-9-4-6-17(13-27)23-2)26-20(24-15)25-16-7-8-18(22)14(10-16)12-21/h7-8,10-11,17,23H,3-6,9,13,22H2,1-2H3,(H,24,25,26)/t17-/m1/s1. The normalized spacial score (nSPS) is 16.8. The summed E-state index contributed by atoms with van der Waals surface area (Å²) in [5.41, 5.74) is 8.50. The average molecular weight is 365 g/mol. The number of hydrogen-bond acceptors (Lipinski definition) is 7. The molecule has 1 fully saturated rings. The topological polar surface area (TPSA) is 103 Å². The zero-order valence-corrected chi connectivity index (χ0v) is 16.0. The first-order valence-electron chi connectivity index (χ1n) is 9.49. The van der Waals surface area contributed by atoms with E-state index >= 15 is 0 Å². The van der Waals surface area contributed by atoms with Crippen molar-refractivity contribution >= 4 is 23.1 Å². The fourth-order valence-corrected chi connectivity index (χ4v) is 3.37. The highest BCUT2D eigenvalue weighted by atomic mass is 15.2. The highest BCUT2D eigenvalue weighted by Crippen LogP contribution is 2.24. The summed E-state index contributed by atoms with van der Waals surface area (Å²) in [7, 11) is 2.01. The van der Waals surface area contributed by atoms with Crippen LogP contribution in [0.25, 0.3) is 0 Å². The first-order valence-corrected chi connectivity index (χ1v) is 9.49. The molecule has 3 rings (SSSR count). The zero-order valence-electron chi connectivity index (χ0n) is 16.0. The minimum absolute atomic E-state index is 0.442. The van der Waals surface area contributed by atoms with Gasteiger partial charge >= 0.3 is 0 Å². The number of nitrogens with one attached hydrogen (secondary N) is 2. The number of benzene rings is 1. The van der Waals surface area contributed by atoms with Crippen molar-refractivity contribution in [2.24, 2.45) is 0 Å². The average Bonchev–Trinajstić information content (AvgIpc) is 2.69. The van der Waals surface area contributed by atoms with Crippen molar-refractivity contribution in [1.82, 2.24) is 15.3 Å². The molecule has 0 aliphatic carbocycles. The molecule has 1 aliphatic rings. The van der Waals surface area contributed by atoms with Crippen LogP contribution in [0.2, 0.25) is 0 Å². The van der Waals surface area contributed by atoms with Gasteiger partial charge in [0.1, 0.15) is 11.9 Å². The molecular weight excluding hydrogens is 338 g/mol. The molecule has 1 aromatic heterocycles. The van der Waals surface area contributed by atoms with Gasteiger partial charge in [0.15, 0.2) is 0 Å². The maximum atomic E-state index is 9.18. The van der Waals surface area contributed by atoms with E-state index in [-0.39, 0.29) is 0 Å². The Morgan fingerprint density at radius 3 is 2.93 bits per heavy atom. The minimum atomic E-state index is 0.442. The van der Waals surface area contributed by atoms with E-state index in [1.165, 1.54) is 6.42 Å². The molecule has 1 aliphatic heterocycles. The molecule has 0 saturated carbocycles. The molecule has 4 N–H and O–H groups in total. The minimum Gasteiger partial charge on any atom is -0.398 e. The number of nitrogen functional groups attached to an aromatic ring is 1. The van der Waals surface area contributed by atoms with Crippen LogP contribution in [-0.4, -0.2) is 36.1 Å². The Morgan fingerprint density at radius 1 is 1.33 bits per heavy atom. The van der Waals surface area contributed by atoms with E-state index < -0.39 is 0 Å². The van der Waals surface area contributed by atoms with Crippen LogP contribution in [0.5, 0.6) is 0 Å². The van der Waals surface area contributed by atoms with Crippen molar-refractivity contribution in [2.75, 3.05) is 36.1 Å². The summed E-state index contributed by atoms with van der Waals surface area (Å²) in [5, 5.41) is 15.8. The second kappa shape index (κ2) is 8.69. The SMILES string of the molecule is CCCc1cc(N2CCC[C@@H](NC)C2)nc(Nc2ccc(N)c(C#N)c2)n1. The van der Waals surface area contributed by atoms with Gasteiger partial charge in [-0.1, -0.05) is 13.3 Å². The monoisotopic (exact) mass is 365 g/mol. The molecule has 1 saturated heterocycles. The maximum Gasteiger partial charge on any atom is 0.229 e. The van der Waals surface area contributed by atoms with Gasteiger partial charge in [-0.15, -0.1) is 0 Å². The molecule has 7 nitrogen and oxygen atoms in total. The van der Waals surface area contributed by atoms with Gasteiger partial charge in [-0.2, -0.15) is 10.2 Å². The third kappa shape index (κ3) is 4.66. The summed E-state index contributed by atoms with van der Waals surface area (Å²) in [6.07, 6.45) is 4.26. The number of rotatable bonds is 6. The van der Waals surface area contributed by atoms with E-state index in [0.29, 0.717) is 23.2 Å². The first-order chi connectivity index (χ1) is 13.1. The lowest BCUT2D eigenvalue weighted by atomic mass is 10.1. The summed E-state index contributed by atoms with van der Waals surface area (Å²) in [6, 6.07) is 9.97. The molecule has 7 heteroatoms. The predicted molar refractivity (Wildman–Crippen MR) is 109 cm³/mol. The summed E-state index contributed by atoms with van der Waals surface area (Å²) >= 11 is 0. The number of likely N-dealkylation sites (N-methyl/N-ethyl adjacent to an activating group) is 1. The van der Waals surface area contributed by atoms with Crippen LogP contribution < -0.4 is 21.3 Å². The van der Waals surface area contributed by atoms with Crippen LogP contribution >= 0.6 is 0 Å². The summed E-state index contributed by atoms with van der Waals surface area (Å²) in [4.78, 5) is 11.7. The van der Waals surface area contributed by atoms with Crippen molar-refractivity contribution in [1.29, 1.82) is 5.26 Å². The number of nitrogens with zero attached hydrogens (tertiary/aromatic N) is 4. The van der Waals surface area contributed by atoms with E-state index in [4.69, 9.17) is 10.7 Å². The quantitative estimate of drug-likeness (QED) is 0.676. The first kappa shape index (κ1) is 18.9. The molecule has 0 amide bonds. The molecule has 0 spiro atoms. The number of hydrogen-bond donors (Lipinski definition) is 3. The Labute approximate surface area is 160 Å². The van der Waals surface area contributed by atoms with Crippen molar-refractivity contribution < 1.29 is 0 Å².